The molecule has 0 aliphatic carbocycles. The van der Waals surface area contributed by atoms with E-state index in [4.69, 9.17) is 10.5 Å². The van der Waals surface area contributed by atoms with Crippen molar-refractivity contribution < 1.29 is 4.74 Å². The summed E-state index contributed by atoms with van der Waals surface area (Å²) in [5.74, 6) is 1.68. The fourth-order valence-electron chi connectivity index (χ4n) is 2.16. The maximum atomic E-state index is 5.82. The second kappa shape index (κ2) is 10.5. The van der Waals surface area contributed by atoms with E-state index in [9.17, 15) is 0 Å². The summed E-state index contributed by atoms with van der Waals surface area (Å²) in [5.41, 5.74) is 8.26. The van der Waals surface area contributed by atoms with Gasteiger partial charge in [-0.05, 0) is 42.5 Å². The molecular weight excluding hydrogens is 314 g/mol. The number of nitrogens with two attached hydrogens (primary N) is 1. The number of rotatable bonds is 8. The number of unbranched alkanes of at least 4 members (excludes halogenated alkanes) is 1. The van der Waals surface area contributed by atoms with Crippen LogP contribution in [0.5, 0.6) is 5.75 Å². The fraction of sp³-hybridized carbons (Fsp3) is 0.333. The van der Waals surface area contributed by atoms with Crippen LogP contribution in [0.15, 0.2) is 54.6 Å². The van der Waals surface area contributed by atoms with Crippen molar-refractivity contribution in [3.05, 3.63) is 54.6 Å². The SMILES string of the molecule is Cl.N[C@H](CS)CCCCOc1ccc(-c2ccccc2)cc1. The number of ether oxygens (including phenoxy) is 1. The summed E-state index contributed by atoms with van der Waals surface area (Å²) in [6, 6.07) is 18.8. The summed E-state index contributed by atoms with van der Waals surface area (Å²) in [5, 5.41) is 0. The molecule has 2 aromatic rings. The molecule has 0 bridgehead atoms. The van der Waals surface area contributed by atoms with Gasteiger partial charge in [-0.25, -0.2) is 0 Å². The van der Waals surface area contributed by atoms with E-state index in [2.05, 4.69) is 49.0 Å². The first-order valence-electron chi connectivity index (χ1n) is 7.44. The summed E-state index contributed by atoms with van der Waals surface area (Å²) < 4.78 is 5.75. The molecule has 2 aromatic carbocycles. The molecule has 0 aliphatic rings. The highest BCUT2D eigenvalue weighted by Gasteiger charge is 2.00. The van der Waals surface area contributed by atoms with E-state index in [1.807, 2.05) is 18.2 Å². The van der Waals surface area contributed by atoms with E-state index < -0.39 is 0 Å². The maximum Gasteiger partial charge on any atom is 0.119 e. The summed E-state index contributed by atoms with van der Waals surface area (Å²) in [6.07, 6.45) is 3.13. The van der Waals surface area contributed by atoms with Gasteiger partial charge >= 0.3 is 0 Å². The molecule has 120 valence electrons. The third-order valence-electron chi connectivity index (χ3n) is 3.43. The predicted molar refractivity (Wildman–Crippen MR) is 100 cm³/mol. The lowest BCUT2D eigenvalue weighted by atomic mass is 10.1. The molecule has 0 heterocycles. The topological polar surface area (TPSA) is 35.2 Å². The first-order valence-corrected chi connectivity index (χ1v) is 8.07. The third kappa shape index (κ3) is 6.30. The quantitative estimate of drug-likeness (QED) is 0.546. The molecule has 0 unspecified atom stereocenters. The average Bonchev–Trinajstić information content (AvgIpc) is 2.55. The van der Waals surface area contributed by atoms with E-state index in [1.54, 1.807) is 0 Å². The minimum atomic E-state index is 0. The minimum absolute atomic E-state index is 0. The Labute approximate surface area is 144 Å². The van der Waals surface area contributed by atoms with E-state index in [-0.39, 0.29) is 18.4 Å². The van der Waals surface area contributed by atoms with Crippen molar-refractivity contribution in [2.24, 2.45) is 5.73 Å². The lowest BCUT2D eigenvalue weighted by Crippen LogP contribution is -2.21. The van der Waals surface area contributed by atoms with E-state index in [0.717, 1.165) is 37.4 Å². The van der Waals surface area contributed by atoms with Crippen molar-refractivity contribution in [3.8, 4) is 16.9 Å². The standard InChI is InChI=1S/C18H23NOS.ClH/c19-17(14-21)8-4-5-13-20-18-11-9-16(10-12-18)15-6-2-1-3-7-15;/h1-3,6-7,9-12,17,21H,4-5,8,13-14,19H2;1H/t17-;/m0./s1. The lowest BCUT2D eigenvalue weighted by molar-refractivity contribution is 0.304. The Kier molecular flexibility index (Phi) is 9.05. The molecule has 0 aromatic heterocycles. The van der Waals surface area contributed by atoms with E-state index in [1.165, 1.54) is 11.1 Å². The molecule has 1 atom stereocenters. The monoisotopic (exact) mass is 337 g/mol. The van der Waals surface area contributed by atoms with Gasteiger partial charge in [-0.15, -0.1) is 12.4 Å². The van der Waals surface area contributed by atoms with Gasteiger partial charge in [0, 0.05) is 11.8 Å². The molecular formula is C18H24ClNOS. The number of thiol groups is 1. The smallest absolute Gasteiger partial charge is 0.119 e. The van der Waals surface area contributed by atoms with Crippen LogP contribution in [-0.4, -0.2) is 18.4 Å². The van der Waals surface area contributed by atoms with Gasteiger partial charge in [-0.1, -0.05) is 42.5 Å². The number of hydrogen-bond donors (Lipinski definition) is 2. The number of benzene rings is 2. The van der Waals surface area contributed by atoms with Gasteiger partial charge in [0.15, 0.2) is 0 Å². The van der Waals surface area contributed by atoms with Crippen LogP contribution in [0.1, 0.15) is 19.3 Å². The van der Waals surface area contributed by atoms with Crippen LogP contribution in [0.3, 0.4) is 0 Å². The molecule has 0 aliphatic heterocycles. The van der Waals surface area contributed by atoms with Gasteiger partial charge in [0.1, 0.15) is 5.75 Å². The minimum Gasteiger partial charge on any atom is -0.494 e. The zero-order valence-electron chi connectivity index (χ0n) is 12.7. The van der Waals surface area contributed by atoms with Gasteiger partial charge in [-0.3, -0.25) is 0 Å². The van der Waals surface area contributed by atoms with Crippen molar-refractivity contribution in [1.82, 2.24) is 0 Å². The highest BCUT2D eigenvalue weighted by Crippen LogP contribution is 2.22. The first kappa shape index (κ1) is 18.9. The third-order valence-corrected chi connectivity index (χ3v) is 3.90. The summed E-state index contributed by atoms with van der Waals surface area (Å²) in [7, 11) is 0. The summed E-state index contributed by atoms with van der Waals surface area (Å²) >= 11 is 4.18. The van der Waals surface area contributed by atoms with Gasteiger partial charge in [0.05, 0.1) is 6.61 Å². The van der Waals surface area contributed by atoms with Crippen LogP contribution in [0.4, 0.5) is 0 Å². The highest BCUT2D eigenvalue weighted by atomic mass is 35.5. The molecule has 0 spiro atoms. The van der Waals surface area contributed by atoms with Crippen LogP contribution < -0.4 is 10.5 Å². The highest BCUT2D eigenvalue weighted by molar-refractivity contribution is 7.80. The molecule has 4 heteroatoms. The fourth-order valence-corrected chi connectivity index (χ4v) is 2.35. The maximum absolute atomic E-state index is 5.82. The summed E-state index contributed by atoms with van der Waals surface area (Å²) in [6.45, 7) is 0.740. The van der Waals surface area contributed by atoms with Crippen molar-refractivity contribution in [2.75, 3.05) is 12.4 Å². The number of halogens is 1. The van der Waals surface area contributed by atoms with Gasteiger partial charge in [0.25, 0.3) is 0 Å². The van der Waals surface area contributed by atoms with Crippen molar-refractivity contribution in [2.45, 2.75) is 25.3 Å². The molecule has 0 radical (unpaired) electrons. The molecule has 2 N–H and O–H groups in total. The van der Waals surface area contributed by atoms with Crippen LogP contribution in [0.25, 0.3) is 11.1 Å². The molecule has 0 saturated carbocycles. The Morgan fingerprint density at radius 3 is 2.18 bits per heavy atom. The lowest BCUT2D eigenvalue weighted by Gasteiger charge is -2.09. The van der Waals surface area contributed by atoms with Crippen LogP contribution >= 0.6 is 25.0 Å². The largest absolute Gasteiger partial charge is 0.494 e. The molecule has 2 rings (SSSR count). The molecule has 22 heavy (non-hydrogen) atoms. The molecule has 0 saturated heterocycles. The van der Waals surface area contributed by atoms with Gasteiger partial charge in [-0.2, -0.15) is 12.6 Å². The van der Waals surface area contributed by atoms with Crippen molar-refractivity contribution >= 4 is 25.0 Å². The summed E-state index contributed by atoms with van der Waals surface area (Å²) in [4.78, 5) is 0. The van der Waals surface area contributed by atoms with Crippen molar-refractivity contribution in [1.29, 1.82) is 0 Å². The van der Waals surface area contributed by atoms with Gasteiger partial charge in [0.2, 0.25) is 0 Å². The Bertz CT molecular complexity index is 518. The molecule has 0 amide bonds. The zero-order chi connectivity index (χ0) is 14.9. The average molecular weight is 338 g/mol. The van der Waals surface area contributed by atoms with Crippen LogP contribution in [0, 0.1) is 0 Å². The second-order valence-corrected chi connectivity index (χ2v) is 5.54. The Balaban J connectivity index is 0.00000242. The van der Waals surface area contributed by atoms with E-state index >= 15 is 0 Å². The van der Waals surface area contributed by atoms with Crippen LogP contribution in [-0.2, 0) is 0 Å². The predicted octanol–water partition coefficient (Wildman–Crippen LogP) is 4.58. The Hall–Kier alpha value is -1.16. The van der Waals surface area contributed by atoms with Crippen molar-refractivity contribution in [3.63, 3.8) is 0 Å². The Morgan fingerprint density at radius 2 is 1.55 bits per heavy atom. The number of hydrogen-bond acceptors (Lipinski definition) is 3. The molecule has 0 fully saturated rings. The van der Waals surface area contributed by atoms with E-state index in [0.29, 0.717) is 0 Å². The Morgan fingerprint density at radius 1 is 0.909 bits per heavy atom. The second-order valence-electron chi connectivity index (χ2n) is 5.18. The van der Waals surface area contributed by atoms with Crippen LogP contribution in [0.2, 0.25) is 0 Å². The molecule has 2 nitrogen and oxygen atoms in total. The first-order chi connectivity index (χ1) is 10.3. The zero-order valence-corrected chi connectivity index (χ0v) is 14.4. The normalized spacial score (nSPS) is 11.5. The van der Waals surface area contributed by atoms with Gasteiger partial charge < -0.3 is 10.5 Å².